The Labute approximate surface area is 111 Å². The van der Waals surface area contributed by atoms with Crippen molar-refractivity contribution in [2.24, 2.45) is 11.8 Å². The number of nitrogens with one attached hydrogen (secondary N) is 1. The van der Waals surface area contributed by atoms with Crippen LogP contribution in [0.25, 0.3) is 0 Å². The average molecular weight is 247 g/mol. The molecule has 0 aliphatic carbocycles. The van der Waals surface area contributed by atoms with Crippen LogP contribution >= 0.6 is 0 Å². The number of hydrogen-bond donors (Lipinski definition) is 1. The lowest BCUT2D eigenvalue weighted by atomic mass is 9.87. The van der Waals surface area contributed by atoms with Crippen LogP contribution < -0.4 is 10.2 Å². The van der Waals surface area contributed by atoms with Gasteiger partial charge in [-0.1, -0.05) is 19.9 Å². The largest absolute Gasteiger partial charge is 0.370 e. The Morgan fingerprint density at radius 1 is 1.33 bits per heavy atom. The summed E-state index contributed by atoms with van der Waals surface area (Å²) in [5, 5.41) is 3.28. The Morgan fingerprint density at radius 2 is 2.06 bits per heavy atom. The van der Waals surface area contributed by atoms with E-state index in [1.54, 1.807) is 0 Å². The smallest absolute Gasteiger partial charge is 0.130 e. The van der Waals surface area contributed by atoms with E-state index in [0.717, 1.165) is 43.1 Å². The molecule has 1 aromatic rings. The first-order valence-electron chi connectivity index (χ1n) is 7.16. The maximum absolute atomic E-state index is 4.67. The SMILES string of the molecule is CCNc1cccc(N2CCC(C(C)C)CC2)n1. The molecule has 3 heteroatoms. The third kappa shape index (κ3) is 3.15. The predicted octanol–water partition coefficient (Wildman–Crippen LogP) is 3.39. The van der Waals surface area contributed by atoms with Crippen molar-refractivity contribution in [3.8, 4) is 0 Å². The lowest BCUT2D eigenvalue weighted by Crippen LogP contribution is -2.35. The van der Waals surface area contributed by atoms with Crippen LogP contribution in [-0.2, 0) is 0 Å². The van der Waals surface area contributed by atoms with E-state index >= 15 is 0 Å². The Kier molecular flexibility index (Phi) is 4.45. The number of pyridine rings is 1. The number of aromatic nitrogens is 1. The Balaban J connectivity index is 1.98. The van der Waals surface area contributed by atoms with E-state index in [4.69, 9.17) is 0 Å². The van der Waals surface area contributed by atoms with Crippen molar-refractivity contribution in [1.29, 1.82) is 0 Å². The van der Waals surface area contributed by atoms with Gasteiger partial charge < -0.3 is 10.2 Å². The average Bonchev–Trinajstić information content (AvgIpc) is 2.39. The second-order valence-corrected chi connectivity index (χ2v) is 5.48. The summed E-state index contributed by atoms with van der Waals surface area (Å²) in [4.78, 5) is 7.09. The molecule has 100 valence electrons. The monoisotopic (exact) mass is 247 g/mol. The van der Waals surface area contributed by atoms with Crippen molar-refractivity contribution in [3.63, 3.8) is 0 Å². The molecule has 0 aromatic carbocycles. The van der Waals surface area contributed by atoms with E-state index in [1.165, 1.54) is 12.8 Å². The van der Waals surface area contributed by atoms with Crippen molar-refractivity contribution in [2.45, 2.75) is 33.6 Å². The van der Waals surface area contributed by atoms with Crippen LogP contribution in [0.1, 0.15) is 33.6 Å². The molecule has 0 atom stereocenters. The maximum Gasteiger partial charge on any atom is 0.130 e. The lowest BCUT2D eigenvalue weighted by Gasteiger charge is -2.34. The van der Waals surface area contributed by atoms with Crippen LogP contribution in [0.3, 0.4) is 0 Å². The zero-order chi connectivity index (χ0) is 13.0. The van der Waals surface area contributed by atoms with E-state index in [9.17, 15) is 0 Å². The number of piperidine rings is 1. The summed E-state index contributed by atoms with van der Waals surface area (Å²) in [5.74, 6) is 3.81. The highest BCUT2D eigenvalue weighted by molar-refractivity contribution is 5.47. The van der Waals surface area contributed by atoms with Gasteiger partial charge in [-0.2, -0.15) is 0 Å². The molecule has 0 bridgehead atoms. The third-order valence-electron chi connectivity index (χ3n) is 3.90. The van der Waals surface area contributed by atoms with Crippen molar-refractivity contribution in [2.75, 3.05) is 29.9 Å². The van der Waals surface area contributed by atoms with Crippen molar-refractivity contribution in [1.82, 2.24) is 4.98 Å². The van der Waals surface area contributed by atoms with Gasteiger partial charge in [-0.05, 0) is 43.7 Å². The summed E-state index contributed by atoms with van der Waals surface area (Å²) < 4.78 is 0. The molecule has 1 fully saturated rings. The molecule has 0 unspecified atom stereocenters. The standard InChI is InChI=1S/C15H25N3/c1-4-16-14-6-5-7-15(17-14)18-10-8-13(9-11-18)12(2)3/h5-7,12-13H,4,8-11H2,1-3H3,(H,16,17). The van der Waals surface area contributed by atoms with Gasteiger partial charge in [0.05, 0.1) is 0 Å². The Bertz CT molecular complexity index is 368. The van der Waals surface area contributed by atoms with Gasteiger partial charge in [0.15, 0.2) is 0 Å². The highest BCUT2D eigenvalue weighted by Gasteiger charge is 2.22. The van der Waals surface area contributed by atoms with Gasteiger partial charge in [0, 0.05) is 19.6 Å². The van der Waals surface area contributed by atoms with Gasteiger partial charge in [-0.3, -0.25) is 0 Å². The van der Waals surface area contributed by atoms with E-state index in [0.29, 0.717) is 0 Å². The molecule has 2 heterocycles. The van der Waals surface area contributed by atoms with Crippen LogP contribution in [0.5, 0.6) is 0 Å². The van der Waals surface area contributed by atoms with Gasteiger partial charge in [-0.25, -0.2) is 4.98 Å². The zero-order valence-corrected chi connectivity index (χ0v) is 11.8. The van der Waals surface area contributed by atoms with Gasteiger partial charge in [0.1, 0.15) is 11.6 Å². The second-order valence-electron chi connectivity index (χ2n) is 5.48. The highest BCUT2D eigenvalue weighted by atomic mass is 15.2. The minimum absolute atomic E-state index is 0.813. The lowest BCUT2D eigenvalue weighted by molar-refractivity contribution is 0.311. The normalized spacial score (nSPS) is 17.2. The predicted molar refractivity (Wildman–Crippen MR) is 78.2 cm³/mol. The molecular formula is C15H25N3. The molecule has 18 heavy (non-hydrogen) atoms. The van der Waals surface area contributed by atoms with Crippen LogP contribution in [0.4, 0.5) is 11.6 Å². The summed E-state index contributed by atoms with van der Waals surface area (Å²) >= 11 is 0. The summed E-state index contributed by atoms with van der Waals surface area (Å²) in [5.41, 5.74) is 0. The van der Waals surface area contributed by atoms with Crippen molar-refractivity contribution < 1.29 is 0 Å². The fourth-order valence-corrected chi connectivity index (χ4v) is 2.67. The molecule has 1 aromatic heterocycles. The molecule has 1 aliphatic heterocycles. The topological polar surface area (TPSA) is 28.2 Å². The summed E-state index contributed by atoms with van der Waals surface area (Å²) in [6.45, 7) is 9.99. The molecular weight excluding hydrogens is 222 g/mol. The first-order valence-corrected chi connectivity index (χ1v) is 7.16. The summed E-state index contributed by atoms with van der Waals surface area (Å²) in [6, 6.07) is 6.25. The van der Waals surface area contributed by atoms with Crippen molar-refractivity contribution in [3.05, 3.63) is 18.2 Å². The Hall–Kier alpha value is -1.25. The molecule has 0 amide bonds. The van der Waals surface area contributed by atoms with Crippen molar-refractivity contribution >= 4 is 11.6 Å². The minimum atomic E-state index is 0.813. The van der Waals surface area contributed by atoms with Crippen LogP contribution in [0.2, 0.25) is 0 Å². The molecule has 2 rings (SSSR count). The first-order chi connectivity index (χ1) is 8.70. The third-order valence-corrected chi connectivity index (χ3v) is 3.90. The molecule has 1 aliphatic rings. The van der Waals surface area contributed by atoms with Gasteiger partial charge in [-0.15, -0.1) is 0 Å². The number of hydrogen-bond acceptors (Lipinski definition) is 3. The number of anilines is 2. The van der Waals surface area contributed by atoms with E-state index in [-0.39, 0.29) is 0 Å². The molecule has 1 saturated heterocycles. The number of nitrogens with zero attached hydrogens (tertiary/aromatic N) is 2. The van der Waals surface area contributed by atoms with Gasteiger partial charge in [0.25, 0.3) is 0 Å². The second kappa shape index (κ2) is 6.07. The molecule has 0 spiro atoms. The highest BCUT2D eigenvalue weighted by Crippen LogP contribution is 2.27. The quantitative estimate of drug-likeness (QED) is 0.884. The summed E-state index contributed by atoms with van der Waals surface area (Å²) in [6.07, 6.45) is 2.59. The zero-order valence-electron chi connectivity index (χ0n) is 11.8. The first kappa shape index (κ1) is 13.2. The van der Waals surface area contributed by atoms with Gasteiger partial charge >= 0.3 is 0 Å². The maximum atomic E-state index is 4.67. The molecule has 3 nitrogen and oxygen atoms in total. The Morgan fingerprint density at radius 3 is 2.67 bits per heavy atom. The fourth-order valence-electron chi connectivity index (χ4n) is 2.67. The molecule has 0 saturated carbocycles. The van der Waals surface area contributed by atoms with Gasteiger partial charge in [0.2, 0.25) is 0 Å². The van der Waals surface area contributed by atoms with Crippen LogP contribution in [0.15, 0.2) is 18.2 Å². The fraction of sp³-hybridized carbons (Fsp3) is 0.667. The minimum Gasteiger partial charge on any atom is -0.370 e. The van der Waals surface area contributed by atoms with E-state index in [1.807, 2.05) is 6.07 Å². The van der Waals surface area contributed by atoms with Crippen LogP contribution in [0, 0.1) is 11.8 Å². The molecule has 1 N–H and O–H groups in total. The summed E-state index contributed by atoms with van der Waals surface area (Å²) in [7, 11) is 0. The number of rotatable bonds is 4. The molecule has 0 radical (unpaired) electrons. The van der Waals surface area contributed by atoms with Crippen LogP contribution in [-0.4, -0.2) is 24.6 Å². The van der Waals surface area contributed by atoms with E-state index < -0.39 is 0 Å². The van der Waals surface area contributed by atoms with E-state index in [2.05, 4.69) is 48.1 Å².